The molecular formula is C17H19NO2. The van der Waals surface area contributed by atoms with Crippen molar-refractivity contribution in [3.63, 3.8) is 0 Å². The molecule has 104 valence electrons. The fourth-order valence-electron chi connectivity index (χ4n) is 2.03. The molecule has 1 N–H and O–H groups in total. The monoisotopic (exact) mass is 269 g/mol. The van der Waals surface area contributed by atoms with Gasteiger partial charge in [0.2, 0.25) is 0 Å². The highest BCUT2D eigenvalue weighted by Crippen LogP contribution is 2.16. The van der Waals surface area contributed by atoms with E-state index in [1.54, 1.807) is 0 Å². The summed E-state index contributed by atoms with van der Waals surface area (Å²) in [5.74, 6) is -0.273. The van der Waals surface area contributed by atoms with Crippen LogP contribution in [0.3, 0.4) is 0 Å². The van der Waals surface area contributed by atoms with Crippen molar-refractivity contribution in [2.24, 2.45) is 0 Å². The Morgan fingerprint density at radius 3 is 2.35 bits per heavy atom. The first-order valence-electron chi connectivity index (χ1n) is 6.62. The number of benzene rings is 2. The Morgan fingerprint density at radius 2 is 1.75 bits per heavy atom. The molecule has 0 saturated carbocycles. The number of esters is 1. The average Bonchev–Trinajstić information content (AvgIpc) is 2.50. The molecule has 0 heterocycles. The van der Waals surface area contributed by atoms with Crippen LogP contribution in [0.1, 0.15) is 22.7 Å². The van der Waals surface area contributed by atoms with Gasteiger partial charge in [0.1, 0.15) is 6.04 Å². The Hall–Kier alpha value is -2.13. The smallest absolute Gasteiger partial charge is 0.327 e. The van der Waals surface area contributed by atoms with Crippen LogP contribution in [0.5, 0.6) is 0 Å². The Morgan fingerprint density at radius 1 is 1.10 bits per heavy atom. The van der Waals surface area contributed by atoms with E-state index in [1.165, 1.54) is 12.7 Å². The van der Waals surface area contributed by atoms with E-state index in [2.05, 4.69) is 5.32 Å². The lowest BCUT2D eigenvalue weighted by Crippen LogP contribution is -2.29. The molecule has 3 nitrogen and oxygen atoms in total. The van der Waals surface area contributed by atoms with Gasteiger partial charge in [-0.05, 0) is 18.1 Å². The summed E-state index contributed by atoms with van der Waals surface area (Å²) in [5.41, 5.74) is 3.22. The maximum atomic E-state index is 11.9. The minimum absolute atomic E-state index is 0.273. The van der Waals surface area contributed by atoms with E-state index in [0.717, 1.165) is 11.1 Å². The van der Waals surface area contributed by atoms with Crippen molar-refractivity contribution in [1.82, 2.24) is 5.32 Å². The number of nitrogens with one attached hydrogen (secondary N) is 1. The third kappa shape index (κ3) is 3.68. The van der Waals surface area contributed by atoms with Gasteiger partial charge in [0.05, 0.1) is 7.11 Å². The quantitative estimate of drug-likeness (QED) is 0.848. The standard InChI is InChI=1S/C17H19NO2/c1-13-8-10-15(11-9-13)16(17(19)20-2)18-12-14-6-4-3-5-7-14/h3-11,16,18H,12H2,1-2H3. The highest BCUT2D eigenvalue weighted by molar-refractivity contribution is 5.77. The van der Waals surface area contributed by atoms with Crippen LogP contribution in [0, 0.1) is 6.92 Å². The molecule has 0 aromatic heterocycles. The molecule has 0 saturated heterocycles. The predicted molar refractivity (Wildman–Crippen MR) is 79.2 cm³/mol. The van der Waals surface area contributed by atoms with E-state index in [9.17, 15) is 4.79 Å². The van der Waals surface area contributed by atoms with Crippen LogP contribution in [-0.2, 0) is 16.1 Å². The fourth-order valence-corrected chi connectivity index (χ4v) is 2.03. The van der Waals surface area contributed by atoms with Gasteiger partial charge >= 0.3 is 5.97 Å². The number of aryl methyl sites for hydroxylation is 1. The number of hydrogen-bond donors (Lipinski definition) is 1. The van der Waals surface area contributed by atoms with Crippen molar-refractivity contribution < 1.29 is 9.53 Å². The van der Waals surface area contributed by atoms with E-state index in [0.29, 0.717) is 6.54 Å². The Kier molecular flexibility index (Phi) is 4.91. The van der Waals surface area contributed by atoms with Crippen molar-refractivity contribution in [2.75, 3.05) is 7.11 Å². The van der Waals surface area contributed by atoms with Gasteiger partial charge in [0.15, 0.2) is 0 Å². The highest BCUT2D eigenvalue weighted by atomic mass is 16.5. The molecule has 20 heavy (non-hydrogen) atoms. The number of methoxy groups -OCH3 is 1. The van der Waals surface area contributed by atoms with Crippen molar-refractivity contribution in [3.05, 3.63) is 71.3 Å². The second-order valence-corrected chi connectivity index (χ2v) is 4.73. The zero-order chi connectivity index (χ0) is 14.4. The molecule has 2 aromatic rings. The third-order valence-corrected chi connectivity index (χ3v) is 3.20. The van der Waals surface area contributed by atoms with Crippen molar-refractivity contribution in [3.8, 4) is 0 Å². The van der Waals surface area contributed by atoms with Gasteiger partial charge in [-0.3, -0.25) is 5.32 Å². The maximum absolute atomic E-state index is 11.9. The maximum Gasteiger partial charge on any atom is 0.327 e. The first kappa shape index (κ1) is 14.3. The Bertz CT molecular complexity index is 549. The molecule has 0 bridgehead atoms. The van der Waals surface area contributed by atoms with E-state index in [4.69, 9.17) is 4.74 Å². The lowest BCUT2D eigenvalue weighted by Gasteiger charge is -2.17. The molecule has 0 aliphatic heterocycles. The summed E-state index contributed by atoms with van der Waals surface area (Å²) in [6.45, 7) is 2.64. The van der Waals surface area contributed by atoms with Gasteiger partial charge in [0.25, 0.3) is 0 Å². The lowest BCUT2D eigenvalue weighted by atomic mass is 10.0. The van der Waals surface area contributed by atoms with Gasteiger partial charge in [0, 0.05) is 6.54 Å². The van der Waals surface area contributed by atoms with Crippen LogP contribution >= 0.6 is 0 Å². The third-order valence-electron chi connectivity index (χ3n) is 3.20. The van der Waals surface area contributed by atoms with Crippen LogP contribution in [-0.4, -0.2) is 13.1 Å². The average molecular weight is 269 g/mol. The molecule has 0 aliphatic rings. The summed E-state index contributed by atoms with van der Waals surface area (Å²) in [5, 5.41) is 3.25. The first-order valence-corrected chi connectivity index (χ1v) is 6.62. The van der Waals surface area contributed by atoms with Crippen LogP contribution in [0.2, 0.25) is 0 Å². The molecule has 2 rings (SSSR count). The van der Waals surface area contributed by atoms with Gasteiger partial charge in [-0.2, -0.15) is 0 Å². The van der Waals surface area contributed by atoms with Crippen LogP contribution in [0.4, 0.5) is 0 Å². The fraction of sp³-hybridized carbons (Fsp3) is 0.235. The minimum atomic E-state index is -0.444. The summed E-state index contributed by atoms with van der Waals surface area (Å²) in [7, 11) is 1.41. The molecule has 0 fully saturated rings. The van der Waals surface area contributed by atoms with Gasteiger partial charge < -0.3 is 4.74 Å². The normalized spacial score (nSPS) is 11.9. The molecule has 0 amide bonds. The topological polar surface area (TPSA) is 38.3 Å². The molecule has 1 unspecified atom stereocenters. The van der Waals surface area contributed by atoms with Crippen molar-refractivity contribution >= 4 is 5.97 Å². The number of rotatable bonds is 5. The summed E-state index contributed by atoms with van der Waals surface area (Å²) in [6, 6.07) is 17.4. The van der Waals surface area contributed by atoms with Crippen LogP contribution in [0.15, 0.2) is 54.6 Å². The first-order chi connectivity index (χ1) is 9.70. The number of ether oxygens (including phenoxy) is 1. The summed E-state index contributed by atoms with van der Waals surface area (Å²) >= 11 is 0. The zero-order valence-electron chi connectivity index (χ0n) is 11.8. The predicted octanol–water partition coefficient (Wildman–Crippen LogP) is 3.00. The van der Waals surface area contributed by atoms with Gasteiger partial charge in [-0.15, -0.1) is 0 Å². The molecule has 2 aromatic carbocycles. The summed E-state index contributed by atoms with van der Waals surface area (Å²) < 4.78 is 4.88. The van der Waals surface area contributed by atoms with E-state index >= 15 is 0 Å². The minimum Gasteiger partial charge on any atom is -0.468 e. The summed E-state index contributed by atoms with van der Waals surface area (Å²) in [4.78, 5) is 11.9. The van der Waals surface area contributed by atoms with E-state index < -0.39 is 6.04 Å². The van der Waals surface area contributed by atoms with Crippen molar-refractivity contribution in [2.45, 2.75) is 19.5 Å². The molecule has 0 aliphatic carbocycles. The van der Waals surface area contributed by atoms with Crippen LogP contribution < -0.4 is 5.32 Å². The van der Waals surface area contributed by atoms with Crippen LogP contribution in [0.25, 0.3) is 0 Å². The highest BCUT2D eigenvalue weighted by Gasteiger charge is 2.20. The largest absolute Gasteiger partial charge is 0.468 e. The van der Waals surface area contributed by atoms with Crippen molar-refractivity contribution in [1.29, 1.82) is 0 Å². The zero-order valence-corrected chi connectivity index (χ0v) is 11.8. The Labute approximate surface area is 119 Å². The summed E-state index contributed by atoms with van der Waals surface area (Å²) in [6.07, 6.45) is 0. The Balaban J connectivity index is 2.12. The van der Waals surface area contributed by atoms with E-state index in [-0.39, 0.29) is 5.97 Å². The number of carbonyl (C=O) groups excluding carboxylic acids is 1. The SMILES string of the molecule is COC(=O)C(NCc1ccccc1)c1ccc(C)cc1. The van der Waals surface area contributed by atoms with Gasteiger partial charge in [-0.1, -0.05) is 60.2 Å². The number of carbonyl (C=O) groups is 1. The molecule has 0 radical (unpaired) electrons. The second-order valence-electron chi connectivity index (χ2n) is 4.73. The molecule has 3 heteroatoms. The lowest BCUT2D eigenvalue weighted by molar-refractivity contribution is -0.143. The van der Waals surface area contributed by atoms with E-state index in [1.807, 2.05) is 61.5 Å². The second kappa shape index (κ2) is 6.87. The number of hydrogen-bond acceptors (Lipinski definition) is 3. The molecule has 0 spiro atoms. The molecule has 1 atom stereocenters. The van der Waals surface area contributed by atoms with Gasteiger partial charge in [-0.25, -0.2) is 4.79 Å². The molecular weight excluding hydrogens is 250 g/mol.